The summed E-state index contributed by atoms with van der Waals surface area (Å²) in [4.78, 5) is 13.8. The van der Waals surface area contributed by atoms with Crippen molar-refractivity contribution in [3.8, 4) is 0 Å². The number of aromatic nitrogens is 2. The van der Waals surface area contributed by atoms with Crippen LogP contribution in [0, 0.1) is 0 Å². The Morgan fingerprint density at radius 2 is 2.06 bits per heavy atom. The number of carboxylic acid groups (broad SMARTS) is 1. The van der Waals surface area contributed by atoms with Gasteiger partial charge in [-0.1, -0.05) is 32.6 Å². The molecule has 0 unspecified atom stereocenters. The van der Waals surface area contributed by atoms with Gasteiger partial charge in [-0.05, 0) is 6.42 Å². The van der Waals surface area contributed by atoms with Crippen molar-refractivity contribution in [1.29, 1.82) is 0 Å². The summed E-state index contributed by atoms with van der Waals surface area (Å²) in [6.07, 6.45) is 8.63. The van der Waals surface area contributed by atoms with Crippen LogP contribution in [-0.4, -0.2) is 16.1 Å². The Morgan fingerprint density at radius 3 is 2.62 bits per heavy atom. The lowest BCUT2D eigenvalue weighted by Crippen LogP contribution is -2.37. The van der Waals surface area contributed by atoms with Gasteiger partial charge in [-0.25, -0.2) is 14.3 Å². The highest BCUT2D eigenvalue weighted by Crippen LogP contribution is 2.05. The van der Waals surface area contributed by atoms with Crippen LogP contribution in [-0.2, 0) is 13.5 Å². The minimum absolute atomic E-state index is 0.323. The molecule has 16 heavy (non-hydrogen) atoms. The number of nitrogens with zero attached hydrogens (tertiary/aromatic N) is 1. The topological polar surface area (TPSA) is 57.0 Å². The van der Waals surface area contributed by atoms with Gasteiger partial charge >= 0.3 is 5.97 Å². The summed E-state index contributed by atoms with van der Waals surface area (Å²) >= 11 is 0. The molecule has 0 aliphatic rings. The quantitative estimate of drug-likeness (QED) is 0.551. The van der Waals surface area contributed by atoms with E-state index < -0.39 is 5.97 Å². The first-order valence-electron chi connectivity index (χ1n) is 5.96. The van der Waals surface area contributed by atoms with Crippen molar-refractivity contribution in [3.63, 3.8) is 0 Å². The summed E-state index contributed by atoms with van der Waals surface area (Å²) in [6, 6.07) is 0. The predicted octanol–water partition coefficient (Wildman–Crippen LogP) is 2.05. The normalized spacial score (nSPS) is 10.6. The van der Waals surface area contributed by atoms with Crippen LogP contribution in [0.4, 0.5) is 0 Å². The van der Waals surface area contributed by atoms with Crippen molar-refractivity contribution < 1.29 is 14.5 Å². The summed E-state index contributed by atoms with van der Waals surface area (Å²) in [5, 5.41) is 8.88. The Morgan fingerprint density at radius 1 is 1.38 bits per heavy atom. The zero-order valence-corrected chi connectivity index (χ0v) is 10.1. The van der Waals surface area contributed by atoms with Crippen LogP contribution in [0.1, 0.15) is 55.3 Å². The number of hydrogen-bond donors (Lipinski definition) is 2. The number of carboxylic acids is 1. The fourth-order valence-corrected chi connectivity index (χ4v) is 1.83. The molecule has 0 fully saturated rings. The molecule has 0 amide bonds. The second-order valence-electron chi connectivity index (χ2n) is 4.15. The van der Waals surface area contributed by atoms with E-state index in [2.05, 4.69) is 11.9 Å². The highest BCUT2D eigenvalue weighted by molar-refractivity contribution is 5.83. The van der Waals surface area contributed by atoms with E-state index in [9.17, 15) is 4.79 Å². The number of hydrogen-bond acceptors (Lipinski definition) is 1. The van der Waals surface area contributed by atoms with Crippen molar-refractivity contribution in [2.75, 3.05) is 0 Å². The van der Waals surface area contributed by atoms with Crippen molar-refractivity contribution in [1.82, 2.24) is 4.98 Å². The van der Waals surface area contributed by atoms with E-state index in [1.165, 1.54) is 25.7 Å². The van der Waals surface area contributed by atoms with Gasteiger partial charge in [-0.3, -0.25) is 0 Å². The van der Waals surface area contributed by atoms with E-state index in [1.807, 2.05) is 0 Å². The number of carbonyl (C=O) groups is 1. The second-order valence-corrected chi connectivity index (χ2v) is 4.15. The van der Waals surface area contributed by atoms with E-state index in [4.69, 9.17) is 5.11 Å². The van der Waals surface area contributed by atoms with Crippen molar-refractivity contribution in [2.45, 2.75) is 45.4 Å². The van der Waals surface area contributed by atoms with Gasteiger partial charge in [0.1, 0.15) is 6.20 Å². The number of rotatable bonds is 7. The first-order valence-corrected chi connectivity index (χ1v) is 5.96. The largest absolute Gasteiger partial charge is 0.475 e. The van der Waals surface area contributed by atoms with E-state index >= 15 is 0 Å². The number of nitrogens with one attached hydrogen (secondary N) is 1. The van der Waals surface area contributed by atoms with E-state index in [0.717, 1.165) is 18.7 Å². The number of aromatic carboxylic acids is 1. The SMILES string of the molecule is CCCCCCCc1[nH]cc(C(=O)O)[n+]1C. The molecule has 4 heteroatoms. The number of aromatic amines is 1. The molecule has 0 saturated carbocycles. The molecular weight excluding hydrogens is 204 g/mol. The number of imidazole rings is 1. The fraction of sp³-hybridized carbons (Fsp3) is 0.667. The molecule has 1 rings (SSSR count). The van der Waals surface area contributed by atoms with Crippen molar-refractivity contribution in [2.24, 2.45) is 7.05 Å². The van der Waals surface area contributed by atoms with Gasteiger partial charge in [-0.15, -0.1) is 0 Å². The molecule has 0 aromatic carbocycles. The molecule has 1 aromatic heterocycles. The molecule has 0 bridgehead atoms. The molecule has 2 N–H and O–H groups in total. The van der Waals surface area contributed by atoms with E-state index in [1.54, 1.807) is 17.8 Å². The Hall–Kier alpha value is -1.32. The average Bonchev–Trinajstić information content (AvgIpc) is 2.60. The smallest absolute Gasteiger partial charge is 0.379 e. The first kappa shape index (κ1) is 12.7. The van der Waals surface area contributed by atoms with Gasteiger partial charge in [0.15, 0.2) is 0 Å². The molecule has 1 heterocycles. The van der Waals surface area contributed by atoms with Crippen LogP contribution in [0.25, 0.3) is 0 Å². The molecule has 4 nitrogen and oxygen atoms in total. The van der Waals surface area contributed by atoms with Crippen molar-refractivity contribution in [3.05, 3.63) is 17.7 Å². The maximum absolute atomic E-state index is 10.8. The highest BCUT2D eigenvalue weighted by atomic mass is 16.4. The third-order valence-electron chi connectivity index (χ3n) is 2.88. The molecule has 1 aromatic rings. The summed E-state index contributed by atoms with van der Waals surface area (Å²) in [5.41, 5.74) is 0.323. The van der Waals surface area contributed by atoms with Crippen LogP contribution in [0.15, 0.2) is 6.20 Å². The maximum Gasteiger partial charge on any atom is 0.379 e. The standard InChI is InChI=1S/C12H20N2O2/c1-3-4-5-6-7-8-11-13-9-10(12(15)16)14(11)2/h9H,3-8H2,1-2H3,(H,15,16)/p+1. The monoisotopic (exact) mass is 225 g/mol. The van der Waals surface area contributed by atoms with Gasteiger partial charge in [0.25, 0.3) is 11.5 Å². The third-order valence-corrected chi connectivity index (χ3v) is 2.88. The molecule has 0 spiro atoms. The Bertz CT molecular complexity index is 345. The lowest BCUT2D eigenvalue weighted by atomic mass is 10.1. The zero-order valence-electron chi connectivity index (χ0n) is 10.1. The Kier molecular flexibility index (Phi) is 5.02. The lowest BCUT2D eigenvalue weighted by molar-refractivity contribution is -0.680. The number of H-pyrrole nitrogens is 1. The molecule has 0 radical (unpaired) electrons. The molecule has 0 atom stereocenters. The van der Waals surface area contributed by atoms with Crippen LogP contribution in [0.3, 0.4) is 0 Å². The summed E-state index contributed by atoms with van der Waals surface area (Å²) in [5.74, 6) is 0.116. The predicted molar refractivity (Wildman–Crippen MR) is 61.4 cm³/mol. The average molecular weight is 225 g/mol. The molecule has 0 aliphatic carbocycles. The van der Waals surface area contributed by atoms with Gasteiger partial charge in [-0.2, -0.15) is 0 Å². The lowest BCUT2D eigenvalue weighted by Gasteiger charge is -1.98. The number of aryl methyl sites for hydroxylation is 1. The summed E-state index contributed by atoms with van der Waals surface area (Å²) in [6.45, 7) is 2.20. The second kappa shape index (κ2) is 6.30. The van der Waals surface area contributed by atoms with E-state index in [0.29, 0.717) is 5.69 Å². The summed E-state index contributed by atoms with van der Waals surface area (Å²) < 4.78 is 1.72. The molecule has 0 saturated heterocycles. The van der Waals surface area contributed by atoms with Gasteiger partial charge in [0.05, 0.1) is 7.05 Å². The van der Waals surface area contributed by atoms with Crippen LogP contribution < -0.4 is 4.57 Å². The molecule has 0 aliphatic heterocycles. The number of unbranched alkanes of at least 4 members (excludes halogenated alkanes) is 4. The fourth-order valence-electron chi connectivity index (χ4n) is 1.83. The van der Waals surface area contributed by atoms with Crippen molar-refractivity contribution >= 4 is 5.97 Å². The minimum Gasteiger partial charge on any atom is -0.475 e. The Balaban J connectivity index is 2.40. The van der Waals surface area contributed by atoms with Crippen LogP contribution >= 0.6 is 0 Å². The van der Waals surface area contributed by atoms with E-state index in [-0.39, 0.29) is 0 Å². The Labute approximate surface area is 96.3 Å². The van der Waals surface area contributed by atoms with Gasteiger partial charge in [0, 0.05) is 6.42 Å². The van der Waals surface area contributed by atoms with Crippen LogP contribution in [0.5, 0.6) is 0 Å². The maximum atomic E-state index is 10.8. The summed E-state index contributed by atoms with van der Waals surface area (Å²) in [7, 11) is 1.79. The molecule has 90 valence electrons. The van der Waals surface area contributed by atoms with Crippen LogP contribution in [0.2, 0.25) is 0 Å². The van der Waals surface area contributed by atoms with Gasteiger partial charge < -0.3 is 5.11 Å². The third kappa shape index (κ3) is 3.36. The van der Waals surface area contributed by atoms with Gasteiger partial charge in [0.2, 0.25) is 0 Å². The zero-order chi connectivity index (χ0) is 12.0. The minimum atomic E-state index is -0.879. The first-order chi connectivity index (χ1) is 7.66. The molecular formula is C12H21N2O2+. The highest BCUT2D eigenvalue weighted by Gasteiger charge is 2.18.